The summed E-state index contributed by atoms with van der Waals surface area (Å²) in [7, 11) is 0. The van der Waals surface area contributed by atoms with Crippen molar-refractivity contribution >= 4 is 51.0 Å². The Labute approximate surface area is 98.6 Å². The van der Waals surface area contributed by atoms with Gasteiger partial charge in [-0.2, -0.15) is 10.1 Å². The van der Waals surface area contributed by atoms with Gasteiger partial charge in [-0.1, -0.05) is 0 Å². The Bertz CT molecular complexity index is 550. The summed E-state index contributed by atoms with van der Waals surface area (Å²) in [5.74, 6) is 0. The summed E-state index contributed by atoms with van der Waals surface area (Å²) in [6.45, 7) is 1.78. The second-order valence-electron chi connectivity index (χ2n) is 2.64. The van der Waals surface area contributed by atoms with Gasteiger partial charge < -0.3 is 0 Å². The zero-order valence-electron chi connectivity index (χ0n) is 7.01. The van der Waals surface area contributed by atoms with Crippen molar-refractivity contribution in [1.29, 1.82) is 0 Å². The zero-order valence-corrected chi connectivity index (χ0v) is 10.9. The second kappa shape index (κ2) is 3.75. The first-order valence-corrected chi connectivity index (χ1v) is 8.09. The molecule has 0 aliphatic heterocycles. The molecule has 0 aromatic carbocycles. The van der Waals surface area contributed by atoms with Crippen molar-refractivity contribution < 1.29 is 0 Å². The molecule has 0 aliphatic rings. The number of aromatic amines is 1. The molecule has 2 heterocycles. The van der Waals surface area contributed by atoms with Gasteiger partial charge in [0.05, 0.1) is 12.1 Å². The maximum absolute atomic E-state index is 11.5. The molecule has 0 spiro atoms. The lowest BCUT2D eigenvalue weighted by Crippen LogP contribution is -2.07. The van der Waals surface area contributed by atoms with E-state index in [2.05, 4.69) is 37.1 Å². The molecule has 2 aromatic heterocycles. The Morgan fingerprint density at radius 2 is 2.36 bits per heavy atom. The molecule has 0 fully saturated rings. The van der Waals surface area contributed by atoms with Crippen molar-refractivity contribution in [2.45, 2.75) is 6.92 Å². The van der Waals surface area contributed by atoms with Gasteiger partial charge in [0.15, 0.2) is 5.65 Å². The molecule has 0 saturated carbocycles. The molecule has 0 amide bonds. The Morgan fingerprint density at radius 3 is 3.00 bits per heavy atom. The molecular weight excluding hydrogens is 337 g/mol. The van der Waals surface area contributed by atoms with Gasteiger partial charge in [0.1, 0.15) is 5.39 Å². The van der Waals surface area contributed by atoms with Crippen LogP contribution in [0.3, 0.4) is 0 Å². The van der Waals surface area contributed by atoms with Crippen molar-refractivity contribution in [3.8, 4) is 0 Å². The van der Waals surface area contributed by atoms with Crippen LogP contribution in [0, 0.1) is 6.92 Å². The van der Waals surface area contributed by atoms with Gasteiger partial charge in [0.25, 0.3) is 5.56 Å². The average Bonchev–Trinajstić information content (AvgIpc) is 2.42. The maximum atomic E-state index is 11.5. The number of rotatable bonds is 1. The van der Waals surface area contributed by atoms with E-state index in [4.69, 9.17) is 11.6 Å². The van der Waals surface area contributed by atoms with Gasteiger partial charge in [0.2, 0.25) is 5.28 Å². The molecule has 0 radical (unpaired) electrons. The molecule has 74 valence electrons. The van der Waals surface area contributed by atoms with E-state index in [-0.39, 0.29) is 10.8 Å². The highest BCUT2D eigenvalue weighted by Gasteiger charge is 2.12. The minimum Gasteiger partial charge on any atom is -0.296 e. The maximum Gasteiger partial charge on any atom is 0.263 e. The third-order valence-electron chi connectivity index (χ3n) is 1.76. The lowest BCUT2D eigenvalue weighted by Gasteiger charge is -1.95. The van der Waals surface area contributed by atoms with E-state index < -0.39 is 0 Å². The summed E-state index contributed by atoms with van der Waals surface area (Å²) >= 11 is 7.83. The van der Waals surface area contributed by atoms with Crippen molar-refractivity contribution in [2.24, 2.45) is 0 Å². The highest BCUT2D eigenvalue weighted by molar-refractivity contribution is 14.2. The summed E-state index contributed by atoms with van der Waals surface area (Å²) < 4.78 is 1.67. The third-order valence-corrected chi connectivity index (χ3v) is 3.79. The van der Waals surface area contributed by atoms with Crippen molar-refractivity contribution in [2.75, 3.05) is 0 Å². The van der Waals surface area contributed by atoms with Crippen molar-refractivity contribution in [3.05, 3.63) is 21.3 Å². The average molecular weight is 342 g/mol. The molecule has 2 rings (SSSR count). The molecule has 0 aliphatic carbocycles. The molecule has 0 saturated heterocycles. The fourth-order valence-electron chi connectivity index (χ4n) is 1.22. The van der Waals surface area contributed by atoms with Crippen LogP contribution in [0.25, 0.3) is 11.0 Å². The van der Waals surface area contributed by atoms with E-state index in [0.717, 1.165) is 0 Å². The first kappa shape index (κ1) is 10.3. The van der Waals surface area contributed by atoms with E-state index in [1.807, 2.05) is 0 Å². The van der Waals surface area contributed by atoms with Gasteiger partial charge in [-0.05, 0) is 40.6 Å². The molecule has 1 unspecified atom stereocenters. The van der Waals surface area contributed by atoms with E-state index in [1.54, 1.807) is 11.4 Å². The fourth-order valence-corrected chi connectivity index (χ4v) is 2.82. The number of halogens is 2. The zero-order chi connectivity index (χ0) is 10.3. The lowest BCUT2D eigenvalue weighted by molar-refractivity contribution is 0.987. The number of H-pyrrole nitrogens is 1. The van der Waals surface area contributed by atoms with Crippen LogP contribution < -0.4 is 5.56 Å². The van der Waals surface area contributed by atoms with Gasteiger partial charge >= 0.3 is 0 Å². The molecule has 0 bridgehead atoms. The van der Waals surface area contributed by atoms with E-state index in [0.29, 0.717) is 23.1 Å². The molecule has 1 N–H and O–H groups in total. The largest absolute Gasteiger partial charge is 0.296 e. The number of nitrogens with zero attached hydrogens (tertiary/aromatic N) is 3. The Hall–Kier alpha value is -0.200. The Balaban J connectivity index is 2.96. The quantitative estimate of drug-likeness (QED) is 0.489. The standard InChI is InChI=1S/C6H5ClIN4OP/c1-2-3-4(12(11-2)14-8)9-6(7)10-5(3)13/h14H,1H3,(H,9,10,13). The number of hydrogen-bond acceptors (Lipinski definition) is 3. The lowest BCUT2D eigenvalue weighted by atomic mass is 10.3. The number of hydrogen-bond donors (Lipinski definition) is 1. The topological polar surface area (TPSA) is 63.6 Å². The van der Waals surface area contributed by atoms with Crippen LogP contribution in [0.4, 0.5) is 0 Å². The second-order valence-corrected chi connectivity index (χ2v) is 5.04. The van der Waals surface area contributed by atoms with Crippen LogP contribution >= 0.6 is 40.0 Å². The summed E-state index contributed by atoms with van der Waals surface area (Å²) in [6, 6.07) is 0. The molecule has 1 atom stereocenters. The van der Waals surface area contributed by atoms with Crippen LogP contribution in [-0.2, 0) is 0 Å². The Kier molecular flexibility index (Phi) is 2.77. The first-order valence-electron chi connectivity index (χ1n) is 3.65. The molecule has 2 aromatic rings. The number of fused-ring (bicyclic) bond motifs is 1. The predicted molar refractivity (Wildman–Crippen MR) is 65.6 cm³/mol. The first-order chi connectivity index (χ1) is 6.63. The molecular formula is C6H5ClIN4OP. The van der Waals surface area contributed by atoms with E-state index in [9.17, 15) is 4.79 Å². The van der Waals surface area contributed by atoms with Gasteiger partial charge in [-0.3, -0.25) is 9.78 Å². The molecule has 5 nitrogen and oxygen atoms in total. The monoisotopic (exact) mass is 342 g/mol. The van der Waals surface area contributed by atoms with Crippen LogP contribution in [0.5, 0.6) is 0 Å². The smallest absolute Gasteiger partial charge is 0.263 e. The van der Waals surface area contributed by atoms with Crippen LogP contribution in [0.15, 0.2) is 4.79 Å². The summed E-state index contributed by atoms with van der Waals surface area (Å²) in [4.78, 5) is 18.0. The number of nitrogens with one attached hydrogen (secondary N) is 1. The van der Waals surface area contributed by atoms with Gasteiger partial charge in [-0.25, -0.2) is 4.45 Å². The van der Waals surface area contributed by atoms with Crippen molar-refractivity contribution in [1.82, 2.24) is 19.5 Å². The summed E-state index contributed by atoms with van der Waals surface area (Å²) in [6.07, 6.45) is 0.399. The van der Waals surface area contributed by atoms with Crippen LogP contribution in [-0.4, -0.2) is 19.5 Å². The predicted octanol–water partition coefficient (Wildman–Crippen LogP) is 1.87. The number of aryl methyl sites for hydroxylation is 1. The highest BCUT2D eigenvalue weighted by atomic mass is 127. The highest BCUT2D eigenvalue weighted by Crippen LogP contribution is 2.27. The van der Waals surface area contributed by atoms with Crippen molar-refractivity contribution in [3.63, 3.8) is 0 Å². The summed E-state index contributed by atoms with van der Waals surface area (Å²) in [5, 5.41) is 4.80. The van der Waals surface area contributed by atoms with Gasteiger partial charge in [-0.15, -0.1) is 0 Å². The van der Waals surface area contributed by atoms with E-state index in [1.165, 1.54) is 0 Å². The SMILES string of the molecule is Cc1nn(PI)c2nc(Cl)[nH]c(=O)c12. The fraction of sp³-hybridized carbons (Fsp3) is 0.167. The van der Waals surface area contributed by atoms with E-state index >= 15 is 0 Å². The molecule has 8 heteroatoms. The van der Waals surface area contributed by atoms with Crippen LogP contribution in [0.2, 0.25) is 5.28 Å². The number of aromatic nitrogens is 4. The van der Waals surface area contributed by atoms with Crippen LogP contribution in [0.1, 0.15) is 5.69 Å². The summed E-state index contributed by atoms with van der Waals surface area (Å²) in [5.41, 5.74) is 0.983. The minimum atomic E-state index is -0.238. The third kappa shape index (κ3) is 1.55. The normalized spacial score (nSPS) is 11.9. The van der Waals surface area contributed by atoms with Gasteiger partial charge in [0, 0.05) is 0 Å². The molecule has 14 heavy (non-hydrogen) atoms. The Morgan fingerprint density at radius 1 is 1.64 bits per heavy atom. The minimum absolute atomic E-state index is 0.0956.